The molecule has 0 aliphatic heterocycles. The van der Waals surface area contributed by atoms with Crippen LogP contribution in [0.4, 0.5) is 0 Å². The highest BCUT2D eigenvalue weighted by molar-refractivity contribution is 5.75. The fraction of sp³-hybridized carbons (Fsp3) is 0.917. The van der Waals surface area contributed by atoms with Gasteiger partial charge in [-0.3, -0.25) is 4.79 Å². The van der Waals surface area contributed by atoms with Crippen LogP contribution in [0, 0.1) is 5.92 Å². The number of aliphatic hydroxyl groups is 1. The maximum absolute atomic E-state index is 11.3. The van der Waals surface area contributed by atoms with E-state index in [1.807, 2.05) is 0 Å². The number of carbonyl (C=O) groups excluding carboxylic acids is 1. The Labute approximate surface area is 92.3 Å². The topological polar surface area (TPSA) is 49.3 Å². The van der Waals surface area contributed by atoms with Gasteiger partial charge >= 0.3 is 0 Å². The van der Waals surface area contributed by atoms with Gasteiger partial charge in [-0.15, -0.1) is 0 Å². The van der Waals surface area contributed by atoms with Crippen molar-refractivity contribution in [1.29, 1.82) is 0 Å². The highest BCUT2D eigenvalue weighted by Gasteiger charge is 2.14. The van der Waals surface area contributed by atoms with Crippen LogP contribution < -0.4 is 5.32 Å². The van der Waals surface area contributed by atoms with E-state index in [4.69, 9.17) is 5.11 Å². The minimum absolute atomic E-state index is 0.0777. The van der Waals surface area contributed by atoms with Crippen LogP contribution in [0.2, 0.25) is 0 Å². The van der Waals surface area contributed by atoms with Crippen LogP contribution in [0.25, 0.3) is 0 Å². The van der Waals surface area contributed by atoms with Crippen molar-refractivity contribution in [3.05, 3.63) is 0 Å². The van der Waals surface area contributed by atoms with Gasteiger partial charge in [-0.1, -0.05) is 25.7 Å². The summed E-state index contributed by atoms with van der Waals surface area (Å²) in [6.07, 6.45) is 7.83. The third kappa shape index (κ3) is 5.78. The van der Waals surface area contributed by atoms with E-state index in [0.29, 0.717) is 13.0 Å². The highest BCUT2D eigenvalue weighted by atomic mass is 16.3. The molecular weight excluding hydrogens is 190 g/mol. The van der Waals surface area contributed by atoms with Crippen molar-refractivity contribution in [2.45, 2.75) is 58.0 Å². The summed E-state index contributed by atoms with van der Waals surface area (Å²) in [6.45, 7) is 2.06. The van der Waals surface area contributed by atoms with Gasteiger partial charge in [0.05, 0.1) is 6.10 Å². The summed E-state index contributed by atoms with van der Waals surface area (Å²) in [5, 5.41) is 11.7. The maximum Gasteiger partial charge on any atom is 0.220 e. The molecule has 2 N–H and O–H groups in total. The third-order valence-electron chi connectivity index (χ3n) is 3.09. The Hall–Kier alpha value is -0.570. The van der Waals surface area contributed by atoms with Crippen molar-refractivity contribution in [3.8, 4) is 0 Å². The Balaban J connectivity index is 1.96. The quantitative estimate of drug-likeness (QED) is 0.707. The molecule has 1 atom stereocenters. The number of nitrogens with one attached hydrogen (secondary N) is 1. The minimum Gasteiger partial charge on any atom is -0.392 e. The van der Waals surface area contributed by atoms with E-state index in [0.717, 1.165) is 12.3 Å². The second-order valence-corrected chi connectivity index (χ2v) is 4.70. The molecule has 1 amide bonds. The summed E-state index contributed by atoms with van der Waals surface area (Å²) >= 11 is 0. The van der Waals surface area contributed by atoms with Gasteiger partial charge in [0.2, 0.25) is 5.91 Å². The molecule has 0 spiro atoms. The van der Waals surface area contributed by atoms with E-state index in [2.05, 4.69) is 5.32 Å². The number of hydrogen-bond acceptors (Lipinski definition) is 2. The average Bonchev–Trinajstić information content (AvgIpc) is 2.67. The van der Waals surface area contributed by atoms with Gasteiger partial charge in [-0.05, 0) is 25.7 Å². The molecule has 1 rings (SSSR count). The number of rotatable bonds is 6. The van der Waals surface area contributed by atoms with Gasteiger partial charge in [-0.25, -0.2) is 0 Å². The maximum atomic E-state index is 11.3. The van der Waals surface area contributed by atoms with Gasteiger partial charge in [0.1, 0.15) is 0 Å². The van der Waals surface area contributed by atoms with Crippen LogP contribution in [0.15, 0.2) is 0 Å². The SMILES string of the molecule is CC(O)CNC(=O)CCCC1CCCC1. The van der Waals surface area contributed by atoms with Crippen molar-refractivity contribution in [2.24, 2.45) is 5.92 Å². The molecule has 1 aliphatic carbocycles. The fourth-order valence-corrected chi connectivity index (χ4v) is 2.20. The molecule has 1 unspecified atom stereocenters. The molecule has 15 heavy (non-hydrogen) atoms. The molecule has 0 saturated heterocycles. The van der Waals surface area contributed by atoms with Crippen LogP contribution in [0.5, 0.6) is 0 Å². The van der Waals surface area contributed by atoms with E-state index >= 15 is 0 Å². The lowest BCUT2D eigenvalue weighted by Gasteiger charge is -2.09. The van der Waals surface area contributed by atoms with Crippen molar-refractivity contribution in [2.75, 3.05) is 6.54 Å². The van der Waals surface area contributed by atoms with Crippen LogP contribution in [0.3, 0.4) is 0 Å². The first kappa shape index (κ1) is 12.5. The predicted molar refractivity (Wildman–Crippen MR) is 60.5 cm³/mol. The van der Waals surface area contributed by atoms with Crippen molar-refractivity contribution >= 4 is 5.91 Å². The van der Waals surface area contributed by atoms with Gasteiger partial charge in [0.25, 0.3) is 0 Å². The minimum atomic E-state index is -0.441. The van der Waals surface area contributed by atoms with E-state index in [1.54, 1.807) is 6.92 Å². The molecule has 0 aromatic rings. The molecule has 0 radical (unpaired) electrons. The number of aliphatic hydroxyl groups excluding tert-OH is 1. The first-order chi connectivity index (χ1) is 7.18. The Bertz CT molecular complexity index is 186. The van der Waals surface area contributed by atoms with E-state index in [1.165, 1.54) is 32.1 Å². The summed E-state index contributed by atoms with van der Waals surface area (Å²) < 4.78 is 0. The molecule has 0 heterocycles. The normalized spacial score (nSPS) is 19.1. The van der Waals surface area contributed by atoms with Crippen molar-refractivity contribution in [3.63, 3.8) is 0 Å². The summed E-state index contributed by atoms with van der Waals surface area (Å²) in [6, 6.07) is 0. The van der Waals surface area contributed by atoms with Crippen molar-refractivity contribution in [1.82, 2.24) is 5.32 Å². The predicted octanol–water partition coefficient (Wildman–Crippen LogP) is 1.84. The van der Waals surface area contributed by atoms with E-state index < -0.39 is 6.10 Å². The summed E-state index contributed by atoms with van der Waals surface area (Å²) in [5.41, 5.74) is 0. The molecule has 0 bridgehead atoms. The van der Waals surface area contributed by atoms with E-state index in [-0.39, 0.29) is 5.91 Å². The molecule has 3 heteroatoms. The van der Waals surface area contributed by atoms with Gasteiger partial charge in [0.15, 0.2) is 0 Å². The average molecular weight is 213 g/mol. The largest absolute Gasteiger partial charge is 0.392 e. The molecule has 0 aromatic heterocycles. The van der Waals surface area contributed by atoms with E-state index in [9.17, 15) is 4.79 Å². The lowest BCUT2D eigenvalue weighted by atomic mass is 10.0. The summed E-state index contributed by atoms with van der Waals surface area (Å²) in [5.74, 6) is 0.948. The molecule has 1 fully saturated rings. The Morgan fingerprint density at radius 2 is 2.13 bits per heavy atom. The fourth-order valence-electron chi connectivity index (χ4n) is 2.20. The number of carbonyl (C=O) groups is 1. The van der Waals surface area contributed by atoms with Crippen LogP contribution in [-0.2, 0) is 4.79 Å². The second-order valence-electron chi connectivity index (χ2n) is 4.70. The second kappa shape index (κ2) is 6.83. The first-order valence-corrected chi connectivity index (χ1v) is 6.13. The Kier molecular flexibility index (Phi) is 5.69. The zero-order valence-corrected chi connectivity index (χ0v) is 9.67. The Morgan fingerprint density at radius 3 is 2.73 bits per heavy atom. The van der Waals surface area contributed by atoms with Crippen LogP contribution >= 0.6 is 0 Å². The monoisotopic (exact) mass is 213 g/mol. The lowest BCUT2D eigenvalue weighted by Crippen LogP contribution is -2.30. The standard InChI is InChI=1S/C12H23NO2/c1-10(14)9-13-12(15)8-4-7-11-5-2-3-6-11/h10-11,14H,2-9H2,1H3,(H,13,15). The molecule has 1 saturated carbocycles. The lowest BCUT2D eigenvalue weighted by molar-refractivity contribution is -0.121. The third-order valence-corrected chi connectivity index (χ3v) is 3.09. The Morgan fingerprint density at radius 1 is 1.47 bits per heavy atom. The van der Waals surface area contributed by atoms with Crippen molar-refractivity contribution < 1.29 is 9.90 Å². The summed E-state index contributed by atoms with van der Waals surface area (Å²) in [7, 11) is 0. The smallest absolute Gasteiger partial charge is 0.220 e. The van der Waals surface area contributed by atoms with Gasteiger partial charge < -0.3 is 10.4 Å². The van der Waals surface area contributed by atoms with Gasteiger partial charge in [-0.2, -0.15) is 0 Å². The number of hydrogen-bond donors (Lipinski definition) is 2. The molecule has 1 aliphatic rings. The van der Waals surface area contributed by atoms with Gasteiger partial charge in [0, 0.05) is 13.0 Å². The number of amides is 1. The summed E-state index contributed by atoms with van der Waals surface area (Å²) in [4.78, 5) is 11.3. The molecular formula is C12H23NO2. The van der Waals surface area contributed by atoms with Crippen LogP contribution in [-0.4, -0.2) is 23.7 Å². The zero-order chi connectivity index (χ0) is 11.1. The van der Waals surface area contributed by atoms with Crippen LogP contribution in [0.1, 0.15) is 51.9 Å². The molecule has 88 valence electrons. The zero-order valence-electron chi connectivity index (χ0n) is 9.67. The molecule has 3 nitrogen and oxygen atoms in total. The first-order valence-electron chi connectivity index (χ1n) is 6.13. The highest BCUT2D eigenvalue weighted by Crippen LogP contribution is 2.28. The molecule has 0 aromatic carbocycles.